The van der Waals surface area contributed by atoms with Gasteiger partial charge in [0, 0.05) is 5.56 Å². The Labute approximate surface area is 194 Å². The fourth-order valence-electron chi connectivity index (χ4n) is 3.24. The molecule has 1 atom stereocenters. The molecule has 0 radical (unpaired) electrons. The van der Waals surface area contributed by atoms with Gasteiger partial charge in [0.2, 0.25) is 0 Å². The first kappa shape index (κ1) is 23.2. The summed E-state index contributed by atoms with van der Waals surface area (Å²) < 4.78 is 0. The van der Waals surface area contributed by atoms with Gasteiger partial charge in [0.1, 0.15) is 0 Å². The zero-order valence-corrected chi connectivity index (χ0v) is 19.2. The Morgan fingerprint density at radius 2 is 1.38 bits per heavy atom. The average Bonchev–Trinajstić information content (AvgIpc) is 2.79. The van der Waals surface area contributed by atoms with Crippen LogP contribution in [0, 0.1) is 0 Å². The molecule has 3 aromatic rings. The molecule has 3 aromatic carbocycles. The van der Waals surface area contributed by atoms with Gasteiger partial charge in [-0.15, -0.1) is 0 Å². The van der Waals surface area contributed by atoms with Gasteiger partial charge in [-0.05, 0) is 60.5 Å². The third-order valence-electron chi connectivity index (χ3n) is 5.13. The van der Waals surface area contributed by atoms with E-state index in [4.69, 9.17) is 12.2 Å². The number of amides is 2. The van der Waals surface area contributed by atoms with Gasteiger partial charge < -0.3 is 10.6 Å². The molecule has 0 spiro atoms. The average molecular weight is 446 g/mol. The van der Waals surface area contributed by atoms with Crippen molar-refractivity contribution in [1.29, 1.82) is 0 Å². The van der Waals surface area contributed by atoms with Gasteiger partial charge in [-0.3, -0.25) is 14.9 Å². The number of hydrogen-bond donors (Lipinski definition) is 3. The van der Waals surface area contributed by atoms with Crippen LogP contribution < -0.4 is 16.0 Å². The van der Waals surface area contributed by atoms with E-state index in [1.54, 1.807) is 36.4 Å². The van der Waals surface area contributed by atoms with E-state index >= 15 is 0 Å². The van der Waals surface area contributed by atoms with E-state index in [0.29, 0.717) is 22.7 Å². The minimum absolute atomic E-state index is 0.124. The molecule has 0 aromatic heterocycles. The zero-order valence-electron chi connectivity index (χ0n) is 18.4. The molecule has 0 saturated carbocycles. The van der Waals surface area contributed by atoms with Gasteiger partial charge in [-0.1, -0.05) is 68.4 Å². The van der Waals surface area contributed by atoms with E-state index in [1.807, 2.05) is 49.4 Å². The fourth-order valence-corrected chi connectivity index (χ4v) is 3.44. The highest BCUT2D eigenvalue weighted by molar-refractivity contribution is 7.80. The third-order valence-corrected chi connectivity index (χ3v) is 5.34. The Bertz CT molecular complexity index is 1100. The first-order valence-electron chi connectivity index (χ1n) is 10.5. The normalized spacial score (nSPS) is 11.5. The van der Waals surface area contributed by atoms with Crippen LogP contribution in [0.15, 0.2) is 78.9 Å². The number of carbonyl (C=O) groups excluding carboxylic acids is 2. The fraction of sp³-hybridized carbons (Fsp3) is 0.192. The second-order valence-corrected chi connectivity index (χ2v) is 8.24. The molecular formula is C26H27N3O2S. The molecule has 32 heavy (non-hydrogen) atoms. The number of para-hydroxylation sites is 1. The molecule has 5 nitrogen and oxygen atoms in total. The van der Waals surface area contributed by atoms with E-state index in [9.17, 15) is 9.59 Å². The van der Waals surface area contributed by atoms with E-state index in [-0.39, 0.29) is 23.0 Å². The summed E-state index contributed by atoms with van der Waals surface area (Å²) in [6.45, 7) is 6.13. The molecule has 2 amide bonds. The highest BCUT2D eigenvalue weighted by atomic mass is 32.1. The Morgan fingerprint density at radius 3 is 2.03 bits per heavy atom. The quantitative estimate of drug-likeness (QED) is 0.443. The lowest BCUT2D eigenvalue weighted by Crippen LogP contribution is -2.35. The molecule has 0 fully saturated rings. The van der Waals surface area contributed by atoms with Crippen LogP contribution in [0.1, 0.15) is 64.6 Å². The van der Waals surface area contributed by atoms with Crippen LogP contribution >= 0.6 is 12.2 Å². The Balaban J connectivity index is 1.65. The molecule has 0 saturated heterocycles. The highest BCUT2D eigenvalue weighted by Crippen LogP contribution is 2.18. The standard InChI is InChI=1S/C26H27N3O2S/c1-17(2)19-13-15-21(16-14-19)24(30)29-26(32)28-23-12-8-7-11-22(23)25(31)27-18(3)20-9-5-4-6-10-20/h4-18H,1-3H3,(H,27,31)(H2,28,29,30,32). The topological polar surface area (TPSA) is 70.2 Å². The van der Waals surface area contributed by atoms with Gasteiger partial charge in [-0.25, -0.2) is 0 Å². The van der Waals surface area contributed by atoms with Crippen LogP contribution in [0.5, 0.6) is 0 Å². The van der Waals surface area contributed by atoms with Crippen LogP contribution in [0.3, 0.4) is 0 Å². The molecule has 0 bridgehead atoms. The highest BCUT2D eigenvalue weighted by Gasteiger charge is 2.16. The van der Waals surface area contributed by atoms with Crippen molar-refractivity contribution in [2.75, 3.05) is 5.32 Å². The van der Waals surface area contributed by atoms with Crippen LogP contribution in [-0.4, -0.2) is 16.9 Å². The Hall–Kier alpha value is -3.51. The van der Waals surface area contributed by atoms with Crippen LogP contribution in [-0.2, 0) is 0 Å². The molecule has 1 unspecified atom stereocenters. The van der Waals surface area contributed by atoms with E-state index in [2.05, 4.69) is 29.8 Å². The first-order valence-corrected chi connectivity index (χ1v) is 10.9. The number of anilines is 1. The summed E-state index contributed by atoms with van der Waals surface area (Å²) in [6, 6.07) is 24.0. The molecule has 3 rings (SSSR count). The van der Waals surface area contributed by atoms with Crippen molar-refractivity contribution in [3.05, 3.63) is 101 Å². The summed E-state index contributed by atoms with van der Waals surface area (Å²) in [7, 11) is 0. The molecule has 3 N–H and O–H groups in total. The number of hydrogen-bond acceptors (Lipinski definition) is 3. The van der Waals surface area contributed by atoms with Crippen LogP contribution in [0.4, 0.5) is 5.69 Å². The number of nitrogens with one attached hydrogen (secondary N) is 3. The predicted molar refractivity (Wildman–Crippen MR) is 133 cm³/mol. The lowest BCUT2D eigenvalue weighted by atomic mass is 10.0. The van der Waals surface area contributed by atoms with Gasteiger partial charge in [0.25, 0.3) is 11.8 Å². The SMILES string of the molecule is CC(C)c1ccc(C(=O)NC(=S)Nc2ccccc2C(=O)NC(C)c2ccccc2)cc1. The summed E-state index contributed by atoms with van der Waals surface area (Å²) in [5, 5.41) is 8.77. The van der Waals surface area contributed by atoms with Gasteiger partial charge in [0.15, 0.2) is 5.11 Å². The molecule has 0 aliphatic carbocycles. The lowest BCUT2D eigenvalue weighted by molar-refractivity contribution is 0.0939. The zero-order chi connectivity index (χ0) is 23.1. The van der Waals surface area contributed by atoms with Crippen molar-refractivity contribution in [3.63, 3.8) is 0 Å². The van der Waals surface area contributed by atoms with Gasteiger partial charge in [-0.2, -0.15) is 0 Å². The van der Waals surface area contributed by atoms with Gasteiger partial charge >= 0.3 is 0 Å². The van der Waals surface area contributed by atoms with E-state index in [0.717, 1.165) is 11.1 Å². The van der Waals surface area contributed by atoms with Gasteiger partial charge in [0.05, 0.1) is 17.3 Å². The lowest BCUT2D eigenvalue weighted by Gasteiger charge is -2.17. The monoisotopic (exact) mass is 445 g/mol. The molecule has 0 aliphatic heterocycles. The van der Waals surface area contributed by atoms with Crippen molar-refractivity contribution >= 4 is 34.8 Å². The summed E-state index contributed by atoms with van der Waals surface area (Å²) in [5.41, 5.74) is 3.64. The van der Waals surface area contributed by atoms with Crippen molar-refractivity contribution in [1.82, 2.24) is 10.6 Å². The molecule has 0 aliphatic rings. The summed E-state index contributed by atoms with van der Waals surface area (Å²) in [6.07, 6.45) is 0. The second kappa shape index (κ2) is 10.7. The number of thiocarbonyl (C=S) groups is 1. The molecule has 164 valence electrons. The predicted octanol–water partition coefficient (Wildman–Crippen LogP) is 5.43. The third kappa shape index (κ3) is 6.02. The van der Waals surface area contributed by atoms with Crippen molar-refractivity contribution < 1.29 is 9.59 Å². The van der Waals surface area contributed by atoms with Crippen LogP contribution in [0.25, 0.3) is 0 Å². The van der Waals surface area contributed by atoms with Crippen molar-refractivity contribution in [2.24, 2.45) is 0 Å². The summed E-state index contributed by atoms with van der Waals surface area (Å²) in [5.74, 6) is -0.151. The minimum Gasteiger partial charge on any atom is -0.345 e. The molecule has 6 heteroatoms. The van der Waals surface area contributed by atoms with Crippen molar-refractivity contribution in [2.45, 2.75) is 32.7 Å². The number of rotatable bonds is 6. The Kier molecular flexibility index (Phi) is 7.73. The molecular weight excluding hydrogens is 418 g/mol. The summed E-state index contributed by atoms with van der Waals surface area (Å²) >= 11 is 5.32. The largest absolute Gasteiger partial charge is 0.345 e. The smallest absolute Gasteiger partial charge is 0.257 e. The van der Waals surface area contributed by atoms with Crippen molar-refractivity contribution in [3.8, 4) is 0 Å². The number of carbonyl (C=O) groups is 2. The first-order chi connectivity index (χ1) is 15.3. The minimum atomic E-state index is -0.308. The maximum absolute atomic E-state index is 12.9. The second-order valence-electron chi connectivity index (χ2n) is 7.84. The number of benzene rings is 3. The Morgan fingerprint density at radius 1 is 0.750 bits per heavy atom. The summed E-state index contributed by atoms with van der Waals surface area (Å²) in [4.78, 5) is 25.4. The molecule has 0 heterocycles. The maximum Gasteiger partial charge on any atom is 0.257 e. The van der Waals surface area contributed by atoms with E-state index in [1.165, 1.54) is 0 Å². The maximum atomic E-state index is 12.9. The van der Waals surface area contributed by atoms with E-state index < -0.39 is 0 Å². The van der Waals surface area contributed by atoms with Crippen LogP contribution in [0.2, 0.25) is 0 Å².